The molecule has 0 aromatic heterocycles. The molecule has 0 unspecified atom stereocenters. The molecule has 0 heterocycles. The zero-order valence-corrected chi connectivity index (χ0v) is 13.0. The van der Waals surface area contributed by atoms with Crippen LogP contribution in [0.1, 0.15) is 11.1 Å². The van der Waals surface area contributed by atoms with Gasteiger partial charge in [0.15, 0.2) is 0 Å². The second-order valence-electron chi connectivity index (χ2n) is 4.32. The van der Waals surface area contributed by atoms with Gasteiger partial charge in [0.2, 0.25) is 0 Å². The fourth-order valence-electron chi connectivity index (χ4n) is 1.83. The van der Waals surface area contributed by atoms with E-state index in [2.05, 4.69) is 0 Å². The molecule has 20 heavy (non-hydrogen) atoms. The van der Waals surface area contributed by atoms with Crippen molar-refractivity contribution < 1.29 is 4.74 Å². The Labute approximate surface area is 133 Å². The van der Waals surface area contributed by atoms with Crippen molar-refractivity contribution in [2.24, 2.45) is 5.73 Å². The normalized spacial score (nSPS) is 10.6. The van der Waals surface area contributed by atoms with Crippen LogP contribution in [0.4, 0.5) is 0 Å². The summed E-state index contributed by atoms with van der Waals surface area (Å²) in [6, 6.07) is 10.8. The Hall–Kier alpha value is -0.930. The Bertz CT molecular complexity index is 602. The van der Waals surface area contributed by atoms with Gasteiger partial charge in [0.25, 0.3) is 0 Å². The Morgan fingerprint density at radius 3 is 2.30 bits per heavy atom. The minimum atomic E-state index is 0.370. The summed E-state index contributed by atoms with van der Waals surface area (Å²) in [4.78, 5) is 0. The molecule has 0 amide bonds. The lowest BCUT2D eigenvalue weighted by Crippen LogP contribution is -2.05. The van der Waals surface area contributed by atoms with Gasteiger partial charge in [0.1, 0.15) is 12.4 Å². The number of halogens is 3. The van der Waals surface area contributed by atoms with Crippen LogP contribution in [0.5, 0.6) is 5.75 Å². The zero-order chi connectivity index (χ0) is 14.5. The van der Waals surface area contributed by atoms with Crippen molar-refractivity contribution >= 4 is 34.8 Å². The maximum Gasteiger partial charge on any atom is 0.123 e. The Morgan fingerprint density at radius 1 is 0.900 bits per heavy atom. The smallest absolute Gasteiger partial charge is 0.123 e. The van der Waals surface area contributed by atoms with E-state index in [4.69, 9.17) is 45.3 Å². The number of ether oxygens (including phenoxy) is 1. The molecule has 0 aliphatic rings. The molecule has 5 heteroatoms. The molecular formula is C15H14Cl3NO. The molecule has 2 aromatic carbocycles. The summed E-state index contributed by atoms with van der Waals surface area (Å²) in [7, 11) is 0. The van der Waals surface area contributed by atoms with Crippen LogP contribution in [-0.4, -0.2) is 6.54 Å². The highest BCUT2D eigenvalue weighted by atomic mass is 35.5. The Morgan fingerprint density at radius 2 is 1.60 bits per heavy atom. The van der Waals surface area contributed by atoms with Gasteiger partial charge in [-0.2, -0.15) is 0 Å². The summed E-state index contributed by atoms with van der Waals surface area (Å²) in [5.41, 5.74) is 7.46. The standard InChI is InChI=1S/C15H14Cl3NO/c16-12-3-4-15(10(7-12)5-6-19)20-9-11-1-2-13(17)8-14(11)18/h1-4,7-8H,5-6,9,19H2. The average Bonchev–Trinajstić information content (AvgIpc) is 2.40. The van der Waals surface area contributed by atoms with E-state index in [0.717, 1.165) is 16.9 Å². The van der Waals surface area contributed by atoms with E-state index in [9.17, 15) is 0 Å². The van der Waals surface area contributed by atoms with E-state index in [1.165, 1.54) is 0 Å². The largest absolute Gasteiger partial charge is 0.489 e. The first kappa shape index (κ1) is 15.5. The molecule has 0 aliphatic heterocycles. The molecule has 0 saturated carbocycles. The van der Waals surface area contributed by atoms with Crippen molar-refractivity contribution in [3.63, 3.8) is 0 Å². The van der Waals surface area contributed by atoms with Crippen LogP contribution in [0.25, 0.3) is 0 Å². The Balaban J connectivity index is 2.14. The highest BCUT2D eigenvalue weighted by Gasteiger charge is 2.07. The third-order valence-corrected chi connectivity index (χ3v) is 3.66. The predicted octanol–water partition coefficient (Wildman–Crippen LogP) is 4.73. The molecule has 0 fully saturated rings. The molecular weight excluding hydrogens is 317 g/mol. The van der Waals surface area contributed by atoms with E-state index >= 15 is 0 Å². The zero-order valence-electron chi connectivity index (χ0n) is 10.7. The van der Waals surface area contributed by atoms with Crippen molar-refractivity contribution in [3.8, 4) is 5.75 Å². The first-order valence-corrected chi connectivity index (χ1v) is 7.29. The second-order valence-corrected chi connectivity index (χ2v) is 5.60. The van der Waals surface area contributed by atoms with E-state index in [1.54, 1.807) is 18.2 Å². The van der Waals surface area contributed by atoms with Crippen LogP contribution < -0.4 is 10.5 Å². The van der Waals surface area contributed by atoms with Gasteiger partial charge in [-0.15, -0.1) is 0 Å². The maximum atomic E-state index is 6.12. The molecule has 2 N–H and O–H groups in total. The fourth-order valence-corrected chi connectivity index (χ4v) is 2.49. The van der Waals surface area contributed by atoms with Gasteiger partial charge < -0.3 is 10.5 Å². The second kappa shape index (κ2) is 7.19. The minimum absolute atomic E-state index is 0.370. The number of nitrogens with two attached hydrogens (primary N) is 1. The van der Waals surface area contributed by atoms with Gasteiger partial charge in [-0.05, 0) is 48.9 Å². The van der Waals surface area contributed by atoms with Crippen LogP contribution in [-0.2, 0) is 13.0 Å². The molecule has 2 aromatic rings. The Kier molecular flexibility index (Phi) is 5.55. The third kappa shape index (κ3) is 4.03. The van der Waals surface area contributed by atoms with Crippen LogP contribution >= 0.6 is 34.8 Å². The molecule has 0 saturated heterocycles. The lowest BCUT2D eigenvalue weighted by molar-refractivity contribution is 0.303. The summed E-state index contributed by atoms with van der Waals surface area (Å²) in [6.45, 7) is 0.910. The third-order valence-electron chi connectivity index (χ3n) is 2.83. The molecule has 0 bridgehead atoms. The minimum Gasteiger partial charge on any atom is -0.489 e. The number of rotatable bonds is 5. The SMILES string of the molecule is NCCc1cc(Cl)ccc1OCc1ccc(Cl)cc1Cl. The van der Waals surface area contributed by atoms with Crippen molar-refractivity contribution in [1.29, 1.82) is 0 Å². The first-order chi connectivity index (χ1) is 9.60. The predicted molar refractivity (Wildman–Crippen MR) is 85.0 cm³/mol. The summed E-state index contributed by atoms with van der Waals surface area (Å²) in [6.07, 6.45) is 0.713. The fraction of sp³-hybridized carbons (Fsp3) is 0.200. The quantitative estimate of drug-likeness (QED) is 0.860. The van der Waals surface area contributed by atoms with E-state index < -0.39 is 0 Å². The topological polar surface area (TPSA) is 35.2 Å². The van der Waals surface area contributed by atoms with Crippen LogP contribution in [0, 0.1) is 0 Å². The lowest BCUT2D eigenvalue weighted by atomic mass is 10.1. The molecule has 2 rings (SSSR count). The van der Waals surface area contributed by atoms with Crippen molar-refractivity contribution in [1.82, 2.24) is 0 Å². The first-order valence-electron chi connectivity index (χ1n) is 6.15. The van der Waals surface area contributed by atoms with E-state index in [1.807, 2.05) is 18.2 Å². The van der Waals surface area contributed by atoms with Crippen LogP contribution in [0.3, 0.4) is 0 Å². The van der Waals surface area contributed by atoms with Gasteiger partial charge in [-0.25, -0.2) is 0 Å². The number of benzene rings is 2. The van der Waals surface area contributed by atoms with E-state index in [-0.39, 0.29) is 0 Å². The summed E-state index contributed by atoms with van der Waals surface area (Å²) >= 11 is 18.0. The highest BCUT2D eigenvalue weighted by Crippen LogP contribution is 2.26. The molecule has 106 valence electrons. The van der Waals surface area contributed by atoms with Gasteiger partial charge in [-0.3, -0.25) is 0 Å². The summed E-state index contributed by atoms with van der Waals surface area (Å²) < 4.78 is 5.81. The summed E-state index contributed by atoms with van der Waals surface area (Å²) in [5.74, 6) is 0.769. The molecule has 0 spiro atoms. The van der Waals surface area contributed by atoms with Crippen molar-refractivity contribution in [2.75, 3.05) is 6.54 Å². The van der Waals surface area contributed by atoms with Gasteiger partial charge in [-0.1, -0.05) is 40.9 Å². The van der Waals surface area contributed by atoms with E-state index in [0.29, 0.717) is 34.6 Å². The molecule has 0 radical (unpaired) electrons. The van der Waals surface area contributed by atoms with Gasteiger partial charge in [0, 0.05) is 20.6 Å². The molecule has 0 atom stereocenters. The van der Waals surface area contributed by atoms with Crippen LogP contribution in [0.2, 0.25) is 15.1 Å². The number of hydrogen-bond donors (Lipinski definition) is 1. The van der Waals surface area contributed by atoms with Crippen molar-refractivity contribution in [2.45, 2.75) is 13.0 Å². The maximum absolute atomic E-state index is 6.12. The molecule has 0 aliphatic carbocycles. The van der Waals surface area contributed by atoms with Gasteiger partial charge in [0.05, 0.1) is 0 Å². The average molecular weight is 331 g/mol. The molecule has 2 nitrogen and oxygen atoms in total. The monoisotopic (exact) mass is 329 g/mol. The number of hydrogen-bond acceptors (Lipinski definition) is 2. The summed E-state index contributed by atoms with van der Waals surface area (Å²) in [5, 5.41) is 1.87. The lowest BCUT2D eigenvalue weighted by Gasteiger charge is -2.12. The highest BCUT2D eigenvalue weighted by molar-refractivity contribution is 6.35. The van der Waals surface area contributed by atoms with Crippen molar-refractivity contribution in [3.05, 3.63) is 62.6 Å². The van der Waals surface area contributed by atoms with Gasteiger partial charge >= 0.3 is 0 Å². The van der Waals surface area contributed by atoms with Crippen LogP contribution in [0.15, 0.2) is 36.4 Å².